The minimum Gasteiger partial charge on any atom is -0.379 e. The second-order valence-electron chi connectivity index (χ2n) is 5.23. The van der Waals surface area contributed by atoms with Gasteiger partial charge in [0, 0.05) is 29.1 Å². The summed E-state index contributed by atoms with van der Waals surface area (Å²) in [6.45, 7) is 2.81. The number of benzene rings is 1. The molecule has 1 aliphatic carbocycles. The van der Waals surface area contributed by atoms with Crippen molar-refractivity contribution in [3.8, 4) is 0 Å². The molecule has 1 aromatic carbocycles. The van der Waals surface area contributed by atoms with Crippen LogP contribution in [0.3, 0.4) is 0 Å². The molecule has 0 radical (unpaired) electrons. The van der Waals surface area contributed by atoms with E-state index in [0.717, 1.165) is 25.1 Å². The zero-order valence-corrected chi connectivity index (χ0v) is 12.5. The van der Waals surface area contributed by atoms with E-state index in [1.807, 2.05) is 17.1 Å². The summed E-state index contributed by atoms with van der Waals surface area (Å²) in [6, 6.07) is 5.48. The van der Waals surface area contributed by atoms with Gasteiger partial charge in [0.05, 0.1) is 13.2 Å². The molecule has 2 aliphatic rings. The monoisotopic (exact) mass is 314 g/mol. The third-order valence-electron chi connectivity index (χ3n) is 3.72. The van der Waals surface area contributed by atoms with Gasteiger partial charge in [-0.3, -0.25) is 10.2 Å². The van der Waals surface area contributed by atoms with Crippen LogP contribution >= 0.6 is 23.2 Å². The maximum Gasteiger partial charge on any atom is 0.238 e. The van der Waals surface area contributed by atoms with Crippen molar-refractivity contribution in [2.75, 3.05) is 26.3 Å². The summed E-state index contributed by atoms with van der Waals surface area (Å²) in [5, 5.41) is 3.16. The summed E-state index contributed by atoms with van der Waals surface area (Å²) >= 11 is 12.0. The SMILES string of the molecule is O=C(NN1CCOCC1)C1CC1c1cc(Cl)cc(Cl)c1. The molecule has 108 valence electrons. The highest BCUT2D eigenvalue weighted by Crippen LogP contribution is 2.48. The average molecular weight is 315 g/mol. The third-order valence-corrected chi connectivity index (χ3v) is 4.16. The van der Waals surface area contributed by atoms with Gasteiger partial charge >= 0.3 is 0 Å². The summed E-state index contributed by atoms with van der Waals surface area (Å²) in [5.74, 6) is 0.326. The van der Waals surface area contributed by atoms with Gasteiger partial charge in [-0.2, -0.15) is 0 Å². The Balaban J connectivity index is 1.59. The molecule has 3 rings (SSSR count). The zero-order chi connectivity index (χ0) is 14.1. The molecule has 6 heteroatoms. The van der Waals surface area contributed by atoms with E-state index < -0.39 is 0 Å². The number of hydrogen-bond acceptors (Lipinski definition) is 3. The zero-order valence-electron chi connectivity index (χ0n) is 10.9. The van der Waals surface area contributed by atoms with E-state index >= 15 is 0 Å². The third kappa shape index (κ3) is 3.26. The summed E-state index contributed by atoms with van der Waals surface area (Å²) in [7, 11) is 0. The molecule has 20 heavy (non-hydrogen) atoms. The fourth-order valence-electron chi connectivity index (χ4n) is 2.56. The van der Waals surface area contributed by atoms with Gasteiger partial charge < -0.3 is 4.74 Å². The minimum absolute atomic E-state index is 0.0207. The van der Waals surface area contributed by atoms with Gasteiger partial charge in [0.2, 0.25) is 5.91 Å². The number of nitrogens with zero attached hydrogens (tertiary/aromatic N) is 1. The molecule has 0 spiro atoms. The van der Waals surface area contributed by atoms with Gasteiger partial charge in [-0.1, -0.05) is 23.2 Å². The van der Waals surface area contributed by atoms with Crippen molar-refractivity contribution in [3.05, 3.63) is 33.8 Å². The van der Waals surface area contributed by atoms with Crippen LogP contribution in [0.25, 0.3) is 0 Å². The Kier molecular flexibility index (Phi) is 4.17. The first kappa shape index (κ1) is 14.1. The second-order valence-corrected chi connectivity index (χ2v) is 6.10. The molecule has 1 heterocycles. The van der Waals surface area contributed by atoms with E-state index in [1.165, 1.54) is 0 Å². The first-order valence-electron chi connectivity index (χ1n) is 6.72. The van der Waals surface area contributed by atoms with Gasteiger partial charge in [-0.25, -0.2) is 5.01 Å². The second kappa shape index (κ2) is 5.90. The maximum absolute atomic E-state index is 12.2. The molecule has 1 amide bonds. The van der Waals surface area contributed by atoms with Crippen LogP contribution in [0.5, 0.6) is 0 Å². The van der Waals surface area contributed by atoms with Crippen LogP contribution in [0.2, 0.25) is 10.0 Å². The van der Waals surface area contributed by atoms with Crippen LogP contribution in [-0.4, -0.2) is 37.2 Å². The van der Waals surface area contributed by atoms with Crippen LogP contribution in [0, 0.1) is 5.92 Å². The number of amides is 1. The molecule has 0 bridgehead atoms. The molecule has 2 fully saturated rings. The number of morpholine rings is 1. The molecular weight excluding hydrogens is 299 g/mol. The molecule has 1 N–H and O–H groups in total. The van der Waals surface area contributed by atoms with Crippen LogP contribution in [0.4, 0.5) is 0 Å². The van der Waals surface area contributed by atoms with Gasteiger partial charge in [0.1, 0.15) is 0 Å². The van der Waals surface area contributed by atoms with Crippen molar-refractivity contribution >= 4 is 29.1 Å². The Morgan fingerprint density at radius 2 is 1.85 bits per heavy atom. The number of nitrogens with one attached hydrogen (secondary N) is 1. The normalized spacial score (nSPS) is 26.3. The lowest BCUT2D eigenvalue weighted by molar-refractivity contribution is -0.129. The quantitative estimate of drug-likeness (QED) is 0.932. The van der Waals surface area contributed by atoms with Crippen LogP contribution in [0.1, 0.15) is 17.9 Å². The highest BCUT2D eigenvalue weighted by Gasteiger charge is 2.44. The first-order valence-corrected chi connectivity index (χ1v) is 7.48. The fourth-order valence-corrected chi connectivity index (χ4v) is 3.10. The lowest BCUT2D eigenvalue weighted by atomic mass is 10.1. The van der Waals surface area contributed by atoms with E-state index in [1.54, 1.807) is 6.07 Å². The highest BCUT2D eigenvalue weighted by molar-refractivity contribution is 6.34. The Morgan fingerprint density at radius 1 is 1.20 bits per heavy atom. The van der Waals surface area contributed by atoms with E-state index in [4.69, 9.17) is 27.9 Å². The number of hydrogen-bond donors (Lipinski definition) is 1. The summed E-state index contributed by atoms with van der Waals surface area (Å²) < 4.78 is 5.25. The Bertz CT molecular complexity index is 498. The van der Waals surface area contributed by atoms with Gasteiger partial charge in [-0.15, -0.1) is 0 Å². The van der Waals surface area contributed by atoms with Crippen molar-refractivity contribution in [2.45, 2.75) is 12.3 Å². The summed E-state index contributed by atoms with van der Waals surface area (Å²) in [5.41, 5.74) is 4.00. The molecular formula is C14H16Cl2N2O2. The predicted octanol–water partition coefficient (Wildman–Crippen LogP) is 2.46. The Hall–Kier alpha value is -0.810. The molecule has 1 saturated heterocycles. The van der Waals surface area contributed by atoms with Gasteiger partial charge in [-0.05, 0) is 36.1 Å². The first-order chi connectivity index (χ1) is 9.63. The van der Waals surface area contributed by atoms with Gasteiger partial charge in [0.15, 0.2) is 0 Å². The average Bonchev–Trinajstić information content (AvgIpc) is 3.19. The van der Waals surface area contributed by atoms with Crippen LogP contribution in [-0.2, 0) is 9.53 Å². The lowest BCUT2D eigenvalue weighted by Gasteiger charge is -2.27. The topological polar surface area (TPSA) is 41.6 Å². The van der Waals surface area contributed by atoms with E-state index in [-0.39, 0.29) is 17.7 Å². The van der Waals surface area contributed by atoms with E-state index in [0.29, 0.717) is 23.3 Å². The number of halogens is 2. The molecule has 1 saturated carbocycles. The smallest absolute Gasteiger partial charge is 0.238 e. The number of ether oxygens (including phenoxy) is 1. The van der Waals surface area contributed by atoms with E-state index in [9.17, 15) is 4.79 Å². The van der Waals surface area contributed by atoms with Crippen molar-refractivity contribution in [1.29, 1.82) is 0 Å². The molecule has 4 nitrogen and oxygen atoms in total. The fraction of sp³-hybridized carbons (Fsp3) is 0.500. The van der Waals surface area contributed by atoms with Crippen LogP contribution < -0.4 is 5.43 Å². The van der Waals surface area contributed by atoms with Crippen molar-refractivity contribution in [3.63, 3.8) is 0 Å². The maximum atomic E-state index is 12.2. The molecule has 2 atom stereocenters. The standard InChI is InChI=1S/C14H16Cl2N2O2/c15-10-5-9(6-11(16)7-10)12-8-13(12)14(19)17-18-1-3-20-4-2-18/h5-7,12-13H,1-4,8H2,(H,17,19). The van der Waals surface area contributed by atoms with Crippen molar-refractivity contribution < 1.29 is 9.53 Å². The largest absolute Gasteiger partial charge is 0.379 e. The summed E-state index contributed by atoms with van der Waals surface area (Å²) in [6.07, 6.45) is 0.854. The molecule has 1 aliphatic heterocycles. The molecule has 1 aromatic rings. The van der Waals surface area contributed by atoms with Crippen molar-refractivity contribution in [2.24, 2.45) is 5.92 Å². The highest BCUT2D eigenvalue weighted by atomic mass is 35.5. The number of carbonyl (C=O) groups is 1. The number of hydrazine groups is 1. The molecule has 0 aromatic heterocycles. The molecule has 2 unspecified atom stereocenters. The van der Waals surface area contributed by atoms with Crippen LogP contribution in [0.15, 0.2) is 18.2 Å². The summed E-state index contributed by atoms with van der Waals surface area (Å²) in [4.78, 5) is 12.2. The Morgan fingerprint density at radius 3 is 2.50 bits per heavy atom. The number of rotatable bonds is 3. The lowest BCUT2D eigenvalue weighted by Crippen LogP contribution is -2.49. The van der Waals surface area contributed by atoms with Crippen molar-refractivity contribution in [1.82, 2.24) is 10.4 Å². The van der Waals surface area contributed by atoms with E-state index in [2.05, 4.69) is 5.43 Å². The Labute approximate surface area is 128 Å². The number of carbonyl (C=O) groups excluding carboxylic acids is 1. The predicted molar refractivity (Wildman–Crippen MR) is 77.8 cm³/mol. The van der Waals surface area contributed by atoms with Gasteiger partial charge in [0.25, 0.3) is 0 Å². The minimum atomic E-state index is 0.0207.